The average molecular weight is 453 g/mol. The highest BCUT2D eigenvalue weighted by Crippen LogP contribution is 2.49. The summed E-state index contributed by atoms with van der Waals surface area (Å²) in [4.78, 5) is 2.36. The number of hydrogen-bond acceptors (Lipinski definition) is 2. The highest BCUT2D eigenvalue weighted by atomic mass is 32.1. The van der Waals surface area contributed by atoms with Gasteiger partial charge in [0.2, 0.25) is 0 Å². The first-order valence-electron chi connectivity index (χ1n) is 11.4. The fraction of sp³-hybridized carbons (Fsp3) is 0. The molecule has 161 valence electrons. The van der Waals surface area contributed by atoms with Gasteiger partial charge in [-0.3, -0.25) is 0 Å². The van der Waals surface area contributed by atoms with Gasteiger partial charge in [0.25, 0.3) is 0 Å². The molecular formula is C32H22NS. The number of para-hydroxylation sites is 1. The minimum atomic E-state index is 1.13. The Morgan fingerprint density at radius 3 is 1.79 bits per heavy atom. The van der Waals surface area contributed by atoms with Crippen LogP contribution in [0.2, 0.25) is 0 Å². The topological polar surface area (TPSA) is 3.24 Å². The van der Waals surface area contributed by atoms with Crippen molar-refractivity contribution in [2.24, 2.45) is 0 Å². The van der Waals surface area contributed by atoms with Gasteiger partial charge in [-0.25, -0.2) is 0 Å². The van der Waals surface area contributed by atoms with Crippen molar-refractivity contribution in [3.8, 4) is 22.3 Å². The molecule has 6 rings (SSSR count). The van der Waals surface area contributed by atoms with Crippen LogP contribution in [0.15, 0.2) is 133 Å². The normalized spacial score (nSPS) is 10.9. The van der Waals surface area contributed by atoms with Gasteiger partial charge in [-0.1, -0.05) is 109 Å². The van der Waals surface area contributed by atoms with Gasteiger partial charge >= 0.3 is 0 Å². The van der Waals surface area contributed by atoms with E-state index in [-0.39, 0.29) is 0 Å². The van der Waals surface area contributed by atoms with Gasteiger partial charge in [0.1, 0.15) is 5.00 Å². The van der Waals surface area contributed by atoms with Gasteiger partial charge in [-0.2, -0.15) is 0 Å². The summed E-state index contributed by atoms with van der Waals surface area (Å²) in [5, 5.41) is 7.27. The molecule has 34 heavy (non-hydrogen) atoms. The van der Waals surface area contributed by atoms with Crippen LogP contribution in [-0.2, 0) is 0 Å². The van der Waals surface area contributed by atoms with Crippen LogP contribution >= 0.6 is 11.3 Å². The van der Waals surface area contributed by atoms with Gasteiger partial charge in [-0.15, -0.1) is 11.3 Å². The summed E-state index contributed by atoms with van der Waals surface area (Å²) in [6.07, 6.45) is 0. The molecule has 0 saturated heterocycles. The molecule has 1 heterocycles. The Labute approximate surface area is 204 Å². The van der Waals surface area contributed by atoms with E-state index >= 15 is 0 Å². The zero-order chi connectivity index (χ0) is 22.7. The number of fused-ring (bicyclic) bond motifs is 1. The molecule has 0 fully saturated rings. The van der Waals surface area contributed by atoms with Crippen LogP contribution in [0.5, 0.6) is 0 Å². The summed E-state index contributed by atoms with van der Waals surface area (Å²) < 4.78 is 0. The summed E-state index contributed by atoms with van der Waals surface area (Å²) in [6.45, 7) is 0. The summed E-state index contributed by atoms with van der Waals surface area (Å²) in [5.41, 5.74) is 6.97. The van der Waals surface area contributed by atoms with E-state index in [2.05, 4.69) is 144 Å². The Balaban J connectivity index is 1.62. The Kier molecular flexibility index (Phi) is 5.42. The van der Waals surface area contributed by atoms with Crippen LogP contribution in [0.1, 0.15) is 0 Å². The second-order valence-electron chi connectivity index (χ2n) is 8.19. The SMILES string of the molecule is [c]1sc(N(c2ccccc2)c2ccc3ccccc3c2)c(-c2ccccc2)c1-c1ccccc1. The van der Waals surface area contributed by atoms with Crippen molar-refractivity contribution in [1.29, 1.82) is 0 Å². The summed E-state index contributed by atoms with van der Waals surface area (Å²) in [6, 6.07) is 47.1. The van der Waals surface area contributed by atoms with E-state index in [1.807, 2.05) is 0 Å². The third-order valence-electron chi connectivity index (χ3n) is 6.05. The lowest BCUT2D eigenvalue weighted by atomic mass is 9.97. The monoisotopic (exact) mass is 452 g/mol. The fourth-order valence-corrected chi connectivity index (χ4v) is 5.47. The van der Waals surface area contributed by atoms with Gasteiger partial charge in [0, 0.05) is 22.5 Å². The fourth-order valence-electron chi connectivity index (χ4n) is 4.42. The molecule has 0 saturated carbocycles. The van der Waals surface area contributed by atoms with E-state index in [0.29, 0.717) is 0 Å². The van der Waals surface area contributed by atoms with Crippen LogP contribution in [0, 0.1) is 5.38 Å². The highest BCUT2D eigenvalue weighted by Gasteiger charge is 2.23. The quantitative estimate of drug-likeness (QED) is 0.252. The van der Waals surface area contributed by atoms with Crippen molar-refractivity contribution in [3.63, 3.8) is 0 Å². The van der Waals surface area contributed by atoms with Crippen LogP contribution in [-0.4, -0.2) is 0 Å². The molecule has 1 nitrogen and oxygen atoms in total. The average Bonchev–Trinajstić information content (AvgIpc) is 3.35. The third kappa shape index (κ3) is 3.79. The predicted octanol–water partition coefficient (Wildman–Crippen LogP) is 9.51. The van der Waals surface area contributed by atoms with Crippen LogP contribution in [0.4, 0.5) is 16.4 Å². The molecule has 0 bridgehead atoms. The van der Waals surface area contributed by atoms with Gasteiger partial charge in [-0.05, 0) is 46.2 Å². The first kappa shape index (κ1) is 20.5. The first-order chi connectivity index (χ1) is 16.9. The molecular weight excluding hydrogens is 430 g/mol. The smallest absolute Gasteiger partial charge is 0.109 e. The lowest BCUT2D eigenvalue weighted by Crippen LogP contribution is -2.09. The van der Waals surface area contributed by atoms with Crippen LogP contribution in [0.25, 0.3) is 33.0 Å². The maximum atomic E-state index is 3.65. The second kappa shape index (κ2) is 9.01. The minimum Gasteiger partial charge on any atom is -0.301 e. The van der Waals surface area contributed by atoms with E-state index in [1.165, 1.54) is 27.5 Å². The van der Waals surface area contributed by atoms with Crippen molar-refractivity contribution in [3.05, 3.63) is 139 Å². The molecule has 2 heteroatoms. The largest absolute Gasteiger partial charge is 0.301 e. The molecule has 0 aliphatic rings. The molecule has 1 radical (unpaired) electrons. The zero-order valence-corrected chi connectivity index (χ0v) is 19.4. The highest BCUT2D eigenvalue weighted by molar-refractivity contribution is 7.15. The number of thiophene rings is 1. The predicted molar refractivity (Wildman–Crippen MR) is 146 cm³/mol. The molecule has 1 aromatic heterocycles. The number of anilines is 3. The maximum absolute atomic E-state index is 3.65. The van der Waals surface area contributed by atoms with E-state index < -0.39 is 0 Å². The third-order valence-corrected chi connectivity index (χ3v) is 6.93. The molecule has 0 N–H and O–H groups in total. The van der Waals surface area contributed by atoms with Gasteiger partial charge in [0.05, 0.1) is 5.38 Å². The van der Waals surface area contributed by atoms with E-state index in [4.69, 9.17) is 0 Å². The standard InChI is InChI=1S/C32H22NS/c1-4-13-25(14-5-1)30-23-34-32(31(30)26-15-6-2-7-16-26)33(28-18-8-3-9-19-28)29-21-20-24-12-10-11-17-27(24)22-29/h1-22H. The van der Waals surface area contributed by atoms with Gasteiger partial charge < -0.3 is 4.90 Å². The van der Waals surface area contributed by atoms with E-state index in [0.717, 1.165) is 21.9 Å². The van der Waals surface area contributed by atoms with Crippen molar-refractivity contribution < 1.29 is 0 Å². The van der Waals surface area contributed by atoms with Crippen LogP contribution < -0.4 is 4.90 Å². The Morgan fingerprint density at radius 1 is 0.500 bits per heavy atom. The molecule has 0 aliphatic heterocycles. The molecule has 0 spiro atoms. The Hall–Kier alpha value is -4.14. The molecule has 0 amide bonds. The van der Waals surface area contributed by atoms with Crippen molar-refractivity contribution in [2.75, 3.05) is 4.90 Å². The molecule has 0 atom stereocenters. The number of benzene rings is 5. The maximum Gasteiger partial charge on any atom is 0.109 e. The summed E-state index contributed by atoms with van der Waals surface area (Å²) >= 11 is 1.67. The minimum absolute atomic E-state index is 1.13. The van der Waals surface area contributed by atoms with E-state index in [9.17, 15) is 0 Å². The van der Waals surface area contributed by atoms with Crippen LogP contribution in [0.3, 0.4) is 0 Å². The number of rotatable bonds is 5. The molecule has 0 aliphatic carbocycles. The first-order valence-corrected chi connectivity index (χ1v) is 12.2. The summed E-state index contributed by atoms with van der Waals surface area (Å²) in [7, 11) is 0. The second-order valence-corrected chi connectivity index (χ2v) is 8.99. The Morgan fingerprint density at radius 2 is 1.09 bits per heavy atom. The van der Waals surface area contributed by atoms with E-state index in [1.54, 1.807) is 11.3 Å². The lowest BCUT2D eigenvalue weighted by molar-refractivity contribution is 1.32. The van der Waals surface area contributed by atoms with Gasteiger partial charge in [0.15, 0.2) is 0 Å². The lowest BCUT2D eigenvalue weighted by Gasteiger charge is -2.26. The zero-order valence-electron chi connectivity index (χ0n) is 18.6. The van der Waals surface area contributed by atoms with Crippen molar-refractivity contribution in [2.45, 2.75) is 0 Å². The van der Waals surface area contributed by atoms with Crippen molar-refractivity contribution >= 4 is 38.5 Å². The molecule has 0 unspecified atom stereocenters. The number of hydrogen-bond donors (Lipinski definition) is 0. The number of nitrogens with zero attached hydrogens (tertiary/aromatic N) is 1. The van der Waals surface area contributed by atoms with Crippen molar-refractivity contribution in [1.82, 2.24) is 0 Å². The molecule has 6 aromatic rings. The Bertz CT molecular complexity index is 1540. The summed E-state index contributed by atoms with van der Waals surface area (Å²) in [5.74, 6) is 0. The molecule has 5 aromatic carbocycles.